The number of rotatable bonds is 5. The Hall–Kier alpha value is -2.21. The van der Waals surface area contributed by atoms with Gasteiger partial charge in [0.25, 0.3) is 5.56 Å². The minimum Gasteiger partial charge on any atom is -0.376 e. The van der Waals surface area contributed by atoms with Gasteiger partial charge in [-0.25, -0.2) is 4.79 Å². The summed E-state index contributed by atoms with van der Waals surface area (Å²) in [6.45, 7) is 1.18. The third-order valence-corrected chi connectivity index (χ3v) is 3.99. The molecule has 2 aromatic rings. The molecule has 0 unspecified atom stereocenters. The number of benzene rings is 1. The zero-order valence-corrected chi connectivity index (χ0v) is 12.0. The minimum absolute atomic E-state index is 0.0656. The lowest BCUT2D eigenvalue weighted by atomic mass is 9.80. The van der Waals surface area contributed by atoms with Gasteiger partial charge in [0.15, 0.2) is 0 Å². The van der Waals surface area contributed by atoms with E-state index in [0.29, 0.717) is 19.1 Å². The first-order valence-corrected chi connectivity index (χ1v) is 7.26. The van der Waals surface area contributed by atoms with E-state index in [4.69, 9.17) is 4.74 Å². The Kier molecular flexibility index (Phi) is 4.20. The molecule has 1 N–H and O–H groups in total. The molecular weight excluding hydrogens is 287 g/mol. The Morgan fingerprint density at radius 3 is 2.68 bits per heavy atom. The fourth-order valence-corrected chi connectivity index (χ4v) is 2.71. The Morgan fingerprint density at radius 2 is 1.95 bits per heavy atom. The lowest BCUT2D eigenvalue weighted by Crippen LogP contribution is -2.39. The van der Waals surface area contributed by atoms with Crippen LogP contribution in [0.5, 0.6) is 0 Å². The molecule has 1 fully saturated rings. The van der Waals surface area contributed by atoms with Crippen molar-refractivity contribution >= 4 is 0 Å². The molecule has 1 aliphatic rings. The van der Waals surface area contributed by atoms with Crippen LogP contribution in [0.1, 0.15) is 24.4 Å². The number of hydrogen-bond donors (Lipinski definition) is 1. The monoisotopic (exact) mass is 304 g/mol. The van der Waals surface area contributed by atoms with E-state index in [9.17, 15) is 14.0 Å². The average Bonchev–Trinajstić information content (AvgIpc) is 2.47. The molecule has 0 atom stereocenters. The second-order valence-corrected chi connectivity index (χ2v) is 5.64. The maximum Gasteiger partial charge on any atom is 0.328 e. The third-order valence-electron chi connectivity index (χ3n) is 3.99. The zero-order valence-electron chi connectivity index (χ0n) is 12.0. The lowest BCUT2D eigenvalue weighted by Gasteiger charge is -2.36. The summed E-state index contributed by atoms with van der Waals surface area (Å²) in [5.41, 5.74) is -0.402. The highest BCUT2D eigenvalue weighted by Gasteiger charge is 2.31. The molecule has 6 heteroatoms. The number of ether oxygens (including phenoxy) is 1. The third kappa shape index (κ3) is 3.17. The molecule has 1 aromatic carbocycles. The Balaban J connectivity index is 1.49. The van der Waals surface area contributed by atoms with Crippen LogP contribution in [0.2, 0.25) is 0 Å². The predicted molar refractivity (Wildman–Crippen MR) is 79.1 cm³/mol. The van der Waals surface area contributed by atoms with Crippen LogP contribution in [0.3, 0.4) is 0 Å². The van der Waals surface area contributed by atoms with Gasteiger partial charge in [0.1, 0.15) is 0 Å². The van der Waals surface area contributed by atoms with Gasteiger partial charge in [0.2, 0.25) is 5.82 Å². The fourth-order valence-electron chi connectivity index (χ4n) is 2.71. The van der Waals surface area contributed by atoms with Gasteiger partial charge in [-0.3, -0.25) is 14.3 Å². The van der Waals surface area contributed by atoms with Crippen LogP contribution >= 0.6 is 0 Å². The van der Waals surface area contributed by atoms with Gasteiger partial charge in [-0.1, -0.05) is 30.3 Å². The molecule has 22 heavy (non-hydrogen) atoms. The van der Waals surface area contributed by atoms with Crippen molar-refractivity contribution in [2.45, 2.75) is 25.5 Å². The summed E-state index contributed by atoms with van der Waals surface area (Å²) in [6.07, 6.45) is 2.49. The molecule has 116 valence electrons. The maximum absolute atomic E-state index is 13.2. The van der Waals surface area contributed by atoms with E-state index >= 15 is 0 Å². The quantitative estimate of drug-likeness (QED) is 0.917. The van der Waals surface area contributed by atoms with Gasteiger partial charge in [0.05, 0.1) is 12.8 Å². The standard InChI is InChI=1S/C16H17FN2O3/c17-14-8-19(16(21)18-15(14)20)13-6-12(7-13)10-22-9-11-4-2-1-3-5-11/h1-5,8,12-13H,6-7,9-10H2,(H,18,20,21)/t12-,13+. The number of aromatic amines is 1. The molecule has 0 aliphatic heterocycles. The van der Waals surface area contributed by atoms with Gasteiger partial charge in [-0.2, -0.15) is 4.39 Å². The van der Waals surface area contributed by atoms with Gasteiger partial charge in [-0.05, 0) is 24.3 Å². The van der Waals surface area contributed by atoms with E-state index < -0.39 is 17.1 Å². The van der Waals surface area contributed by atoms with E-state index in [1.165, 1.54) is 4.57 Å². The summed E-state index contributed by atoms with van der Waals surface area (Å²) in [6, 6.07) is 9.84. The van der Waals surface area contributed by atoms with Crippen LogP contribution < -0.4 is 11.2 Å². The molecule has 0 saturated heterocycles. The van der Waals surface area contributed by atoms with Crippen LogP contribution in [-0.2, 0) is 11.3 Å². The van der Waals surface area contributed by atoms with Crippen LogP contribution in [0.15, 0.2) is 46.1 Å². The van der Waals surface area contributed by atoms with Crippen LogP contribution in [0.25, 0.3) is 0 Å². The fraction of sp³-hybridized carbons (Fsp3) is 0.375. The molecule has 0 amide bonds. The summed E-state index contributed by atoms with van der Waals surface area (Å²) in [4.78, 5) is 24.6. The summed E-state index contributed by atoms with van der Waals surface area (Å²) in [5.74, 6) is -0.570. The Labute approximate surface area is 126 Å². The highest BCUT2D eigenvalue weighted by molar-refractivity contribution is 5.13. The van der Waals surface area contributed by atoms with E-state index in [1.54, 1.807) is 0 Å². The van der Waals surface area contributed by atoms with Crippen LogP contribution in [-0.4, -0.2) is 16.2 Å². The van der Waals surface area contributed by atoms with Gasteiger partial charge in [0, 0.05) is 12.6 Å². The lowest BCUT2D eigenvalue weighted by molar-refractivity contribution is 0.0364. The summed E-state index contributed by atoms with van der Waals surface area (Å²) < 4.78 is 20.2. The van der Waals surface area contributed by atoms with Crippen molar-refractivity contribution in [2.24, 2.45) is 5.92 Å². The predicted octanol–water partition coefficient (Wildman–Crippen LogP) is 1.84. The van der Waals surface area contributed by atoms with Crippen molar-refractivity contribution in [3.8, 4) is 0 Å². The second-order valence-electron chi connectivity index (χ2n) is 5.64. The number of H-pyrrole nitrogens is 1. The van der Waals surface area contributed by atoms with E-state index in [2.05, 4.69) is 0 Å². The molecule has 3 rings (SSSR count). The molecular formula is C16H17FN2O3. The molecule has 5 nitrogen and oxygen atoms in total. The van der Waals surface area contributed by atoms with Crippen LogP contribution in [0.4, 0.5) is 4.39 Å². The largest absolute Gasteiger partial charge is 0.376 e. The molecule has 0 spiro atoms. The highest BCUT2D eigenvalue weighted by Crippen LogP contribution is 2.36. The molecule has 1 saturated carbocycles. The van der Waals surface area contributed by atoms with E-state index in [1.807, 2.05) is 35.3 Å². The molecule has 1 aliphatic carbocycles. The first-order chi connectivity index (χ1) is 10.6. The number of hydrogen-bond acceptors (Lipinski definition) is 3. The number of nitrogens with zero attached hydrogens (tertiary/aromatic N) is 1. The molecule has 1 heterocycles. The molecule has 1 aromatic heterocycles. The summed E-state index contributed by atoms with van der Waals surface area (Å²) >= 11 is 0. The topological polar surface area (TPSA) is 64.1 Å². The van der Waals surface area contributed by atoms with Crippen molar-refractivity contribution in [3.05, 3.63) is 68.7 Å². The number of nitrogens with one attached hydrogen (secondary N) is 1. The SMILES string of the molecule is O=c1[nH]c(=O)n([C@H]2C[C@@H](COCc3ccccc3)C2)cc1F. The van der Waals surface area contributed by atoms with Crippen molar-refractivity contribution in [1.82, 2.24) is 9.55 Å². The molecule has 0 radical (unpaired) electrons. The summed E-state index contributed by atoms with van der Waals surface area (Å²) in [7, 11) is 0. The van der Waals surface area contributed by atoms with Gasteiger partial charge < -0.3 is 4.74 Å². The van der Waals surface area contributed by atoms with Gasteiger partial charge >= 0.3 is 5.69 Å². The van der Waals surface area contributed by atoms with Crippen molar-refractivity contribution in [1.29, 1.82) is 0 Å². The summed E-state index contributed by atoms with van der Waals surface area (Å²) in [5, 5.41) is 0. The molecule has 0 bridgehead atoms. The average molecular weight is 304 g/mol. The zero-order chi connectivity index (χ0) is 15.5. The Morgan fingerprint density at radius 1 is 1.23 bits per heavy atom. The van der Waals surface area contributed by atoms with E-state index in [-0.39, 0.29) is 6.04 Å². The second kappa shape index (κ2) is 6.27. The highest BCUT2D eigenvalue weighted by atomic mass is 19.1. The number of aromatic nitrogens is 2. The smallest absolute Gasteiger partial charge is 0.328 e. The number of halogens is 1. The van der Waals surface area contributed by atoms with Crippen molar-refractivity contribution < 1.29 is 9.13 Å². The van der Waals surface area contributed by atoms with Gasteiger partial charge in [-0.15, -0.1) is 0 Å². The maximum atomic E-state index is 13.2. The van der Waals surface area contributed by atoms with E-state index in [0.717, 1.165) is 24.6 Å². The first kappa shape index (κ1) is 14.7. The minimum atomic E-state index is -0.969. The van der Waals surface area contributed by atoms with Crippen LogP contribution in [0, 0.1) is 11.7 Å². The van der Waals surface area contributed by atoms with Crippen molar-refractivity contribution in [2.75, 3.05) is 6.61 Å². The normalized spacial score (nSPS) is 20.6. The Bertz CT molecular complexity index is 748. The van der Waals surface area contributed by atoms with Crippen molar-refractivity contribution in [3.63, 3.8) is 0 Å². The first-order valence-electron chi connectivity index (χ1n) is 7.26.